The first-order chi connectivity index (χ1) is 15.0. The van der Waals surface area contributed by atoms with Crippen LogP contribution in [0, 0.1) is 6.92 Å². The highest BCUT2D eigenvalue weighted by Gasteiger charge is 2.17. The van der Waals surface area contributed by atoms with Gasteiger partial charge in [-0.2, -0.15) is 5.10 Å². The van der Waals surface area contributed by atoms with Gasteiger partial charge in [-0.3, -0.25) is 9.48 Å². The summed E-state index contributed by atoms with van der Waals surface area (Å²) in [6, 6.07) is 11.6. The number of hydrogen-bond donors (Lipinski definition) is 0. The molecule has 160 valence electrons. The monoisotopic (exact) mass is 419 g/mol. The predicted molar refractivity (Wildman–Crippen MR) is 120 cm³/mol. The van der Waals surface area contributed by atoms with Crippen molar-refractivity contribution in [1.29, 1.82) is 0 Å². The maximum absolute atomic E-state index is 13.0. The first kappa shape index (κ1) is 20.5. The molecule has 0 aliphatic rings. The highest BCUT2D eigenvalue weighted by atomic mass is 16.5. The molecular weight excluding hydrogens is 394 g/mol. The Kier molecular flexibility index (Phi) is 5.42. The number of aromatic nitrogens is 3. The molecule has 0 saturated heterocycles. The fourth-order valence-electron chi connectivity index (χ4n) is 3.79. The quantitative estimate of drug-likeness (QED) is 0.476. The lowest BCUT2D eigenvalue weighted by atomic mass is 10.0. The van der Waals surface area contributed by atoms with Gasteiger partial charge in [0.05, 0.1) is 34.1 Å². The van der Waals surface area contributed by atoms with Crippen molar-refractivity contribution in [2.75, 3.05) is 21.3 Å². The van der Waals surface area contributed by atoms with E-state index >= 15 is 0 Å². The zero-order valence-corrected chi connectivity index (χ0v) is 18.3. The van der Waals surface area contributed by atoms with E-state index in [0.29, 0.717) is 12.1 Å². The zero-order valence-electron chi connectivity index (χ0n) is 18.3. The average Bonchev–Trinajstić information content (AvgIpc) is 3.20. The van der Waals surface area contributed by atoms with Crippen LogP contribution in [0.2, 0.25) is 0 Å². The van der Waals surface area contributed by atoms with Gasteiger partial charge in [0.15, 0.2) is 0 Å². The Bertz CT molecular complexity index is 1280. The van der Waals surface area contributed by atoms with Crippen LogP contribution in [0.3, 0.4) is 0 Å². The molecule has 0 N–H and O–H groups in total. The molecule has 0 atom stereocenters. The van der Waals surface area contributed by atoms with E-state index in [1.54, 1.807) is 43.8 Å². The standard InChI is InChI=1S/C24H25N3O4/c1-15-21(30-4)10-17(11-22(15)31-5)20-14-26(2)24(28)23-19(20)12-25-27(23)13-16-6-8-18(29-3)9-7-16/h6-12,14H,13H2,1-5H3. The molecule has 0 spiro atoms. The third kappa shape index (κ3) is 3.63. The topological polar surface area (TPSA) is 67.5 Å². The van der Waals surface area contributed by atoms with E-state index in [9.17, 15) is 4.79 Å². The van der Waals surface area contributed by atoms with Gasteiger partial charge >= 0.3 is 0 Å². The number of benzene rings is 2. The molecule has 4 rings (SSSR count). The van der Waals surface area contributed by atoms with Crippen LogP contribution in [0.25, 0.3) is 22.0 Å². The van der Waals surface area contributed by atoms with Crippen molar-refractivity contribution < 1.29 is 14.2 Å². The second-order valence-corrected chi connectivity index (χ2v) is 7.38. The largest absolute Gasteiger partial charge is 0.497 e. The smallest absolute Gasteiger partial charge is 0.276 e. The molecule has 0 fully saturated rings. The minimum absolute atomic E-state index is 0.101. The lowest BCUT2D eigenvalue weighted by molar-refractivity contribution is 0.389. The SMILES string of the molecule is COc1ccc(Cn2ncc3c(-c4cc(OC)c(C)c(OC)c4)cn(C)c(=O)c32)cc1. The van der Waals surface area contributed by atoms with Crippen LogP contribution in [-0.4, -0.2) is 35.7 Å². The van der Waals surface area contributed by atoms with E-state index in [-0.39, 0.29) is 5.56 Å². The number of ether oxygens (including phenoxy) is 3. The van der Waals surface area contributed by atoms with Crippen molar-refractivity contribution in [3.63, 3.8) is 0 Å². The van der Waals surface area contributed by atoms with Crippen molar-refractivity contribution in [2.24, 2.45) is 7.05 Å². The van der Waals surface area contributed by atoms with E-state index < -0.39 is 0 Å². The van der Waals surface area contributed by atoms with Crippen LogP contribution < -0.4 is 19.8 Å². The summed E-state index contributed by atoms with van der Waals surface area (Å²) in [6.45, 7) is 2.43. The van der Waals surface area contributed by atoms with Gasteiger partial charge in [0.2, 0.25) is 0 Å². The first-order valence-corrected chi connectivity index (χ1v) is 9.88. The summed E-state index contributed by atoms with van der Waals surface area (Å²) < 4.78 is 19.6. The molecule has 0 radical (unpaired) electrons. The van der Waals surface area contributed by atoms with E-state index in [1.807, 2.05) is 49.5 Å². The summed E-state index contributed by atoms with van der Waals surface area (Å²) in [5.41, 5.74) is 4.17. The molecule has 0 saturated carbocycles. The zero-order chi connectivity index (χ0) is 22.1. The van der Waals surface area contributed by atoms with Crippen LogP contribution in [0.5, 0.6) is 17.2 Å². The van der Waals surface area contributed by atoms with Crippen LogP contribution in [0.15, 0.2) is 53.6 Å². The highest BCUT2D eigenvalue weighted by Crippen LogP contribution is 2.36. The third-order valence-corrected chi connectivity index (χ3v) is 5.53. The summed E-state index contributed by atoms with van der Waals surface area (Å²) in [5, 5.41) is 5.32. The molecule has 2 aromatic carbocycles. The van der Waals surface area contributed by atoms with Crippen molar-refractivity contribution >= 4 is 10.9 Å². The van der Waals surface area contributed by atoms with Crippen LogP contribution in [0.4, 0.5) is 0 Å². The second kappa shape index (κ2) is 8.18. The molecule has 7 nitrogen and oxygen atoms in total. The van der Waals surface area contributed by atoms with Gasteiger partial charge in [-0.1, -0.05) is 12.1 Å². The Morgan fingerprint density at radius 1 is 0.968 bits per heavy atom. The Labute approximate surface area is 180 Å². The minimum atomic E-state index is -0.101. The molecule has 0 bridgehead atoms. The summed E-state index contributed by atoms with van der Waals surface area (Å²) in [5.74, 6) is 2.23. The normalized spacial score (nSPS) is 11.0. The van der Waals surface area contributed by atoms with Crippen molar-refractivity contribution in [3.8, 4) is 28.4 Å². The maximum Gasteiger partial charge on any atom is 0.276 e. The molecule has 0 aliphatic carbocycles. The van der Waals surface area contributed by atoms with Crippen LogP contribution in [-0.2, 0) is 13.6 Å². The van der Waals surface area contributed by atoms with Gasteiger partial charge in [0.25, 0.3) is 5.56 Å². The maximum atomic E-state index is 13.0. The lowest BCUT2D eigenvalue weighted by Gasteiger charge is -2.14. The Balaban J connectivity index is 1.87. The van der Waals surface area contributed by atoms with E-state index in [0.717, 1.165) is 44.9 Å². The lowest BCUT2D eigenvalue weighted by Crippen LogP contribution is -2.20. The molecule has 0 aliphatic heterocycles. The molecule has 0 unspecified atom stereocenters. The average molecular weight is 419 g/mol. The molecule has 2 aromatic heterocycles. The summed E-state index contributed by atoms with van der Waals surface area (Å²) in [4.78, 5) is 13.0. The van der Waals surface area contributed by atoms with Crippen molar-refractivity contribution in [3.05, 3.63) is 70.3 Å². The van der Waals surface area contributed by atoms with Gasteiger partial charge in [0.1, 0.15) is 22.8 Å². The number of methoxy groups -OCH3 is 3. The second-order valence-electron chi connectivity index (χ2n) is 7.38. The van der Waals surface area contributed by atoms with Crippen LogP contribution in [0.1, 0.15) is 11.1 Å². The summed E-state index contributed by atoms with van der Waals surface area (Å²) in [7, 11) is 6.65. The Hall–Kier alpha value is -3.74. The van der Waals surface area contributed by atoms with Crippen LogP contribution >= 0.6 is 0 Å². The Morgan fingerprint density at radius 3 is 2.19 bits per heavy atom. The minimum Gasteiger partial charge on any atom is -0.497 e. The number of aryl methyl sites for hydroxylation is 1. The predicted octanol–water partition coefficient (Wildman–Crippen LogP) is 3.78. The van der Waals surface area contributed by atoms with Crippen molar-refractivity contribution in [1.82, 2.24) is 14.3 Å². The molecular formula is C24H25N3O4. The highest BCUT2D eigenvalue weighted by molar-refractivity contribution is 5.94. The van der Waals surface area contributed by atoms with Gasteiger partial charge in [-0.15, -0.1) is 0 Å². The number of fused-ring (bicyclic) bond motifs is 1. The summed E-state index contributed by atoms with van der Waals surface area (Å²) >= 11 is 0. The van der Waals surface area contributed by atoms with Gasteiger partial charge in [0, 0.05) is 29.8 Å². The fourth-order valence-corrected chi connectivity index (χ4v) is 3.79. The van der Waals surface area contributed by atoms with Gasteiger partial charge in [-0.25, -0.2) is 0 Å². The van der Waals surface area contributed by atoms with Crippen molar-refractivity contribution in [2.45, 2.75) is 13.5 Å². The third-order valence-electron chi connectivity index (χ3n) is 5.53. The van der Waals surface area contributed by atoms with Gasteiger partial charge in [-0.05, 0) is 42.3 Å². The molecule has 31 heavy (non-hydrogen) atoms. The number of rotatable bonds is 6. The molecule has 7 heteroatoms. The van der Waals surface area contributed by atoms with E-state index in [4.69, 9.17) is 14.2 Å². The molecule has 4 aromatic rings. The molecule has 2 heterocycles. The van der Waals surface area contributed by atoms with Gasteiger partial charge < -0.3 is 18.8 Å². The number of nitrogens with zero attached hydrogens (tertiary/aromatic N) is 3. The summed E-state index contributed by atoms with van der Waals surface area (Å²) in [6.07, 6.45) is 3.57. The number of hydrogen-bond acceptors (Lipinski definition) is 5. The molecule has 0 amide bonds. The van der Waals surface area contributed by atoms with E-state index in [2.05, 4.69) is 5.10 Å². The Morgan fingerprint density at radius 2 is 1.61 bits per heavy atom. The number of pyridine rings is 1. The first-order valence-electron chi connectivity index (χ1n) is 9.88. The fraction of sp³-hybridized carbons (Fsp3) is 0.250. The van der Waals surface area contributed by atoms with E-state index in [1.165, 1.54) is 0 Å².